The van der Waals surface area contributed by atoms with Crippen molar-refractivity contribution in [2.75, 3.05) is 13.7 Å². The molecule has 4 rings (SSSR count). The van der Waals surface area contributed by atoms with Crippen molar-refractivity contribution in [3.8, 4) is 22.8 Å². The fraction of sp³-hybridized carbons (Fsp3) is 0.304. The standard InChI is InChI=1S/C23H23FN4O5/c1-23(2)22-27-17(18(29)21(31)28(22)9-10-33-23)19(30)26-12-13-6-7-14(24)11-16(13)15-5-4-8-25-20(15)32-3/h4-8,11,29H,9-10,12H2,1-3H3,(H,26,30). The predicted molar refractivity (Wildman–Crippen MR) is 116 cm³/mol. The number of methoxy groups -OCH3 is 1. The highest BCUT2D eigenvalue weighted by atomic mass is 19.1. The molecule has 33 heavy (non-hydrogen) atoms. The lowest BCUT2D eigenvalue weighted by Crippen LogP contribution is -2.42. The molecule has 172 valence electrons. The number of nitrogens with one attached hydrogen (secondary N) is 1. The van der Waals surface area contributed by atoms with Crippen LogP contribution in [0.15, 0.2) is 41.3 Å². The number of aromatic hydroxyl groups is 1. The highest BCUT2D eigenvalue weighted by Gasteiger charge is 2.34. The molecule has 9 nitrogen and oxygen atoms in total. The van der Waals surface area contributed by atoms with Crippen LogP contribution in [0.5, 0.6) is 11.6 Å². The second kappa shape index (κ2) is 8.62. The molecule has 3 aromatic rings. The predicted octanol–water partition coefficient (Wildman–Crippen LogP) is 2.35. The quantitative estimate of drug-likeness (QED) is 0.608. The Labute approximate surface area is 188 Å². The van der Waals surface area contributed by atoms with Gasteiger partial charge in [0.15, 0.2) is 5.69 Å². The first-order chi connectivity index (χ1) is 15.7. The van der Waals surface area contributed by atoms with Crippen LogP contribution in [0.3, 0.4) is 0 Å². The van der Waals surface area contributed by atoms with Crippen LogP contribution in [0.2, 0.25) is 0 Å². The monoisotopic (exact) mass is 454 g/mol. The largest absolute Gasteiger partial charge is 0.501 e. The number of pyridine rings is 1. The molecule has 2 N–H and O–H groups in total. The number of halogens is 1. The molecule has 0 spiro atoms. The number of aromatic nitrogens is 3. The summed E-state index contributed by atoms with van der Waals surface area (Å²) in [5, 5.41) is 13.0. The smallest absolute Gasteiger partial charge is 0.296 e. The molecule has 0 radical (unpaired) electrons. The molecule has 0 saturated carbocycles. The highest BCUT2D eigenvalue weighted by molar-refractivity contribution is 5.94. The third kappa shape index (κ3) is 4.17. The normalized spacial score (nSPS) is 14.4. The van der Waals surface area contributed by atoms with Gasteiger partial charge in [0.1, 0.15) is 17.2 Å². The molecule has 0 unspecified atom stereocenters. The van der Waals surface area contributed by atoms with E-state index >= 15 is 0 Å². The van der Waals surface area contributed by atoms with E-state index in [0.29, 0.717) is 22.6 Å². The molecule has 0 bridgehead atoms. The number of amides is 1. The number of benzene rings is 1. The van der Waals surface area contributed by atoms with Gasteiger partial charge in [0, 0.05) is 18.3 Å². The minimum atomic E-state index is -0.902. The van der Waals surface area contributed by atoms with Gasteiger partial charge in [0.25, 0.3) is 11.5 Å². The van der Waals surface area contributed by atoms with Gasteiger partial charge in [-0.25, -0.2) is 14.4 Å². The van der Waals surface area contributed by atoms with Crippen molar-refractivity contribution in [1.29, 1.82) is 0 Å². The summed E-state index contributed by atoms with van der Waals surface area (Å²) in [6, 6.07) is 7.54. The molecular weight excluding hydrogens is 431 g/mol. The first-order valence-corrected chi connectivity index (χ1v) is 10.3. The highest BCUT2D eigenvalue weighted by Crippen LogP contribution is 2.31. The van der Waals surface area contributed by atoms with Gasteiger partial charge < -0.3 is 19.9 Å². The molecule has 1 amide bonds. The van der Waals surface area contributed by atoms with Crippen molar-refractivity contribution in [3.05, 3.63) is 69.8 Å². The molecule has 1 aliphatic heterocycles. The molecule has 2 aromatic heterocycles. The van der Waals surface area contributed by atoms with Crippen molar-refractivity contribution in [2.45, 2.75) is 32.5 Å². The number of rotatable bonds is 5. The Morgan fingerprint density at radius 2 is 2.12 bits per heavy atom. The summed E-state index contributed by atoms with van der Waals surface area (Å²) in [4.78, 5) is 33.9. The van der Waals surface area contributed by atoms with Crippen LogP contribution in [-0.2, 0) is 23.4 Å². The van der Waals surface area contributed by atoms with Crippen LogP contribution in [0.4, 0.5) is 4.39 Å². The Kier molecular flexibility index (Phi) is 5.86. The van der Waals surface area contributed by atoms with Crippen LogP contribution in [0.1, 0.15) is 35.7 Å². The minimum Gasteiger partial charge on any atom is -0.501 e. The first-order valence-electron chi connectivity index (χ1n) is 10.3. The fourth-order valence-electron chi connectivity index (χ4n) is 3.80. The molecule has 1 aromatic carbocycles. The van der Waals surface area contributed by atoms with Gasteiger partial charge in [0.2, 0.25) is 11.6 Å². The molecule has 1 aliphatic rings. The molecule has 0 atom stereocenters. The van der Waals surface area contributed by atoms with Gasteiger partial charge in [-0.05, 0) is 49.2 Å². The maximum absolute atomic E-state index is 14.0. The van der Waals surface area contributed by atoms with Gasteiger partial charge >= 0.3 is 0 Å². The molecule has 0 aliphatic carbocycles. The molecule has 3 heterocycles. The average molecular weight is 454 g/mol. The zero-order valence-corrected chi connectivity index (χ0v) is 18.4. The van der Waals surface area contributed by atoms with Crippen molar-refractivity contribution in [3.63, 3.8) is 0 Å². The summed E-state index contributed by atoms with van der Waals surface area (Å²) < 4.78 is 26.3. The summed E-state index contributed by atoms with van der Waals surface area (Å²) in [6.45, 7) is 3.96. The Hall–Kier alpha value is -3.79. The summed E-state index contributed by atoms with van der Waals surface area (Å²) in [5.41, 5.74) is -0.389. The summed E-state index contributed by atoms with van der Waals surface area (Å²) in [6.07, 6.45) is 1.55. The molecular formula is C23H23FN4O5. The lowest BCUT2D eigenvalue weighted by atomic mass is 10.00. The van der Waals surface area contributed by atoms with Crippen LogP contribution < -0.4 is 15.6 Å². The number of ether oxygens (including phenoxy) is 2. The van der Waals surface area contributed by atoms with E-state index in [1.54, 1.807) is 32.2 Å². The Morgan fingerprint density at radius 3 is 2.88 bits per heavy atom. The van der Waals surface area contributed by atoms with Crippen molar-refractivity contribution >= 4 is 5.91 Å². The molecule has 0 fully saturated rings. The van der Waals surface area contributed by atoms with Crippen LogP contribution >= 0.6 is 0 Å². The number of hydrogen-bond acceptors (Lipinski definition) is 7. The third-order valence-electron chi connectivity index (χ3n) is 5.44. The minimum absolute atomic E-state index is 0.0219. The van der Waals surface area contributed by atoms with Gasteiger partial charge in [-0.3, -0.25) is 14.2 Å². The van der Waals surface area contributed by atoms with Gasteiger partial charge in [0.05, 0.1) is 20.3 Å². The average Bonchev–Trinajstić information content (AvgIpc) is 2.80. The topological polar surface area (TPSA) is 116 Å². The Morgan fingerprint density at radius 1 is 1.33 bits per heavy atom. The van der Waals surface area contributed by atoms with Gasteiger partial charge in [-0.1, -0.05) is 6.07 Å². The van der Waals surface area contributed by atoms with E-state index in [2.05, 4.69) is 15.3 Å². The van der Waals surface area contributed by atoms with Crippen LogP contribution in [0, 0.1) is 5.82 Å². The number of carbonyl (C=O) groups excluding carboxylic acids is 1. The van der Waals surface area contributed by atoms with Crippen molar-refractivity contribution in [2.24, 2.45) is 0 Å². The van der Waals surface area contributed by atoms with E-state index in [1.165, 1.54) is 29.9 Å². The number of hydrogen-bond donors (Lipinski definition) is 2. The SMILES string of the molecule is COc1ncccc1-c1cc(F)ccc1CNC(=O)c1nc2n(c(=O)c1O)CCOC2(C)C. The lowest BCUT2D eigenvalue weighted by Gasteiger charge is -2.32. The Bertz CT molecular complexity index is 1290. The van der Waals surface area contributed by atoms with Crippen LogP contribution in [-0.4, -0.2) is 39.3 Å². The van der Waals surface area contributed by atoms with E-state index in [1.807, 2.05) is 0 Å². The number of fused-ring (bicyclic) bond motifs is 1. The van der Waals surface area contributed by atoms with Gasteiger partial charge in [-0.2, -0.15) is 0 Å². The number of nitrogens with zero attached hydrogens (tertiary/aromatic N) is 3. The van der Waals surface area contributed by atoms with E-state index in [-0.39, 0.29) is 25.5 Å². The second-order valence-electron chi connectivity index (χ2n) is 7.99. The maximum atomic E-state index is 14.0. The lowest BCUT2D eigenvalue weighted by molar-refractivity contribution is -0.0566. The molecule has 0 saturated heterocycles. The zero-order valence-electron chi connectivity index (χ0n) is 18.4. The first kappa shape index (κ1) is 22.4. The van der Waals surface area contributed by atoms with E-state index < -0.39 is 34.3 Å². The van der Waals surface area contributed by atoms with Crippen molar-refractivity contribution in [1.82, 2.24) is 19.9 Å². The third-order valence-corrected chi connectivity index (χ3v) is 5.44. The summed E-state index contributed by atoms with van der Waals surface area (Å²) in [5.74, 6) is -1.38. The van der Waals surface area contributed by atoms with E-state index in [4.69, 9.17) is 9.47 Å². The maximum Gasteiger partial charge on any atom is 0.296 e. The summed E-state index contributed by atoms with van der Waals surface area (Å²) in [7, 11) is 1.46. The second-order valence-corrected chi connectivity index (χ2v) is 7.99. The zero-order chi connectivity index (χ0) is 23.8. The van der Waals surface area contributed by atoms with Gasteiger partial charge in [-0.15, -0.1) is 0 Å². The van der Waals surface area contributed by atoms with E-state index in [9.17, 15) is 19.1 Å². The van der Waals surface area contributed by atoms with Crippen LogP contribution in [0.25, 0.3) is 11.1 Å². The summed E-state index contributed by atoms with van der Waals surface area (Å²) >= 11 is 0. The van der Waals surface area contributed by atoms with E-state index in [0.717, 1.165) is 0 Å². The Balaban J connectivity index is 1.66. The number of carbonyl (C=O) groups is 1. The van der Waals surface area contributed by atoms with Crippen molar-refractivity contribution < 1.29 is 23.8 Å². The fourth-order valence-corrected chi connectivity index (χ4v) is 3.80. The molecule has 10 heteroatoms.